The SMILES string of the molecule is CC1(C)C(=O)O[C@@H](/C(=N\Nc2ccccc2)c2ccccc2)C(C)(C)C1=O. The largest absolute Gasteiger partial charge is 0.454 e. The minimum absolute atomic E-state index is 0.153. The van der Waals surface area contributed by atoms with E-state index in [1.807, 2.05) is 60.7 Å². The van der Waals surface area contributed by atoms with Crippen molar-refractivity contribution in [1.29, 1.82) is 0 Å². The van der Waals surface area contributed by atoms with E-state index in [-0.39, 0.29) is 5.78 Å². The maximum absolute atomic E-state index is 13.0. The molecule has 1 heterocycles. The Morgan fingerprint density at radius 3 is 2.07 bits per heavy atom. The molecule has 0 bridgehead atoms. The summed E-state index contributed by atoms with van der Waals surface area (Å²) in [6, 6.07) is 18.9. The normalized spacial score (nSPS) is 21.5. The second-order valence-corrected chi connectivity index (χ2v) is 7.80. The van der Waals surface area contributed by atoms with E-state index in [4.69, 9.17) is 4.74 Å². The zero-order valence-electron chi connectivity index (χ0n) is 16.0. The van der Waals surface area contributed by atoms with Gasteiger partial charge in [0.25, 0.3) is 0 Å². The number of hydrazone groups is 1. The molecule has 1 N–H and O–H groups in total. The highest BCUT2D eigenvalue weighted by Gasteiger charge is 2.56. The predicted molar refractivity (Wildman–Crippen MR) is 105 cm³/mol. The maximum Gasteiger partial charge on any atom is 0.319 e. The molecule has 1 atom stereocenters. The Hall–Kier alpha value is -2.95. The molecule has 5 heteroatoms. The Morgan fingerprint density at radius 2 is 1.48 bits per heavy atom. The highest BCUT2D eigenvalue weighted by molar-refractivity contribution is 6.15. The van der Waals surface area contributed by atoms with E-state index >= 15 is 0 Å². The average Bonchev–Trinajstić information content (AvgIpc) is 2.67. The topological polar surface area (TPSA) is 67.8 Å². The van der Waals surface area contributed by atoms with Gasteiger partial charge in [0.15, 0.2) is 11.9 Å². The van der Waals surface area contributed by atoms with E-state index < -0.39 is 22.9 Å². The molecule has 0 unspecified atom stereocenters. The van der Waals surface area contributed by atoms with E-state index in [0.717, 1.165) is 11.3 Å². The molecule has 0 spiro atoms. The van der Waals surface area contributed by atoms with Crippen LogP contribution in [0, 0.1) is 10.8 Å². The molecule has 1 fully saturated rings. The standard InChI is InChI=1S/C22H24N2O3/c1-21(2)18(27-20(26)22(3,4)19(21)25)17(15-11-7-5-8-12-15)24-23-16-13-9-6-10-14-16/h5-14,18,23H,1-4H3/b24-17-/t18-/m0/s1. The van der Waals surface area contributed by atoms with Crippen LogP contribution < -0.4 is 5.43 Å². The Kier molecular flexibility index (Phi) is 4.87. The summed E-state index contributed by atoms with van der Waals surface area (Å²) in [7, 11) is 0. The molecule has 2 aromatic rings. The number of hydrogen-bond acceptors (Lipinski definition) is 5. The molecule has 0 saturated carbocycles. The number of anilines is 1. The van der Waals surface area contributed by atoms with E-state index in [9.17, 15) is 9.59 Å². The number of nitrogens with one attached hydrogen (secondary N) is 1. The molecule has 140 valence electrons. The van der Waals surface area contributed by atoms with Crippen LogP contribution in [-0.4, -0.2) is 23.6 Å². The molecule has 0 radical (unpaired) electrons. The Bertz CT molecular complexity index is 871. The summed E-state index contributed by atoms with van der Waals surface area (Å²) in [5, 5.41) is 4.54. The molecule has 1 aliphatic rings. The lowest BCUT2D eigenvalue weighted by molar-refractivity contribution is -0.179. The van der Waals surface area contributed by atoms with Gasteiger partial charge in [0.1, 0.15) is 11.1 Å². The predicted octanol–water partition coefficient (Wildman–Crippen LogP) is 4.05. The zero-order chi connectivity index (χ0) is 19.7. The minimum atomic E-state index is -1.17. The molecule has 0 aromatic heterocycles. The zero-order valence-corrected chi connectivity index (χ0v) is 16.0. The van der Waals surface area contributed by atoms with Crippen molar-refractivity contribution in [2.24, 2.45) is 15.9 Å². The minimum Gasteiger partial charge on any atom is -0.454 e. The molecule has 3 rings (SSSR count). The van der Waals surface area contributed by atoms with E-state index in [0.29, 0.717) is 5.71 Å². The van der Waals surface area contributed by atoms with Crippen LogP contribution in [0.5, 0.6) is 0 Å². The van der Waals surface area contributed by atoms with Gasteiger partial charge < -0.3 is 4.74 Å². The number of hydrogen-bond donors (Lipinski definition) is 1. The van der Waals surface area contributed by atoms with Gasteiger partial charge in [-0.25, -0.2) is 0 Å². The lowest BCUT2D eigenvalue weighted by Crippen LogP contribution is -2.58. The quantitative estimate of drug-likeness (QED) is 0.385. The van der Waals surface area contributed by atoms with Crippen molar-refractivity contribution in [2.45, 2.75) is 33.8 Å². The number of esters is 1. The van der Waals surface area contributed by atoms with Crippen LogP contribution in [0.1, 0.15) is 33.3 Å². The molecular formula is C22H24N2O3. The van der Waals surface area contributed by atoms with Gasteiger partial charge in [0, 0.05) is 5.56 Å². The summed E-state index contributed by atoms with van der Waals surface area (Å²) in [6.45, 7) is 6.82. The number of benzene rings is 2. The number of cyclic esters (lactones) is 1. The smallest absolute Gasteiger partial charge is 0.319 e. The fourth-order valence-electron chi connectivity index (χ4n) is 3.34. The van der Waals surface area contributed by atoms with Gasteiger partial charge in [0.05, 0.1) is 11.1 Å². The molecule has 2 aromatic carbocycles. The highest BCUT2D eigenvalue weighted by Crippen LogP contribution is 2.41. The van der Waals surface area contributed by atoms with Crippen LogP contribution >= 0.6 is 0 Å². The van der Waals surface area contributed by atoms with Gasteiger partial charge in [-0.15, -0.1) is 0 Å². The van der Waals surface area contributed by atoms with E-state index in [1.54, 1.807) is 27.7 Å². The van der Waals surface area contributed by atoms with Gasteiger partial charge in [-0.2, -0.15) is 5.10 Å². The van der Waals surface area contributed by atoms with Crippen LogP contribution in [0.15, 0.2) is 65.8 Å². The maximum atomic E-state index is 13.0. The summed E-state index contributed by atoms with van der Waals surface area (Å²) in [4.78, 5) is 25.5. The fraction of sp³-hybridized carbons (Fsp3) is 0.318. The first kappa shape index (κ1) is 18.8. The second-order valence-electron chi connectivity index (χ2n) is 7.80. The third-order valence-corrected chi connectivity index (χ3v) is 4.94. The Morgan fingerprint density at radius 1 is 0.926 bits per heavy atom. The molecule has 5 nitrogen and oxygen atoms in total. The van der Waals surface area contributed by atoms with Crippen molar-refractivity contribution in [3.05, 3.63) is 66.2 Å². The monoisotopic (exact) mass is 364 g/mol. The Balaban J connectivity index is 2.05. The second kappa shape index (κ2) is 6.99. The summed E-state index contributed by atoms with van der Waals surface area (Å²) in [5.41, 5.74) is 3.04. The van der Waals surface area contributed by atoms with Crippen LogP contribution in [-0.2, 0) is 14.3 Å². The fourth-order valence-corrected chi connectivity index (χ4v) is 3.34. The Labute approximate surface area is 159 Å². The first-order chi connectivity index (χ1) is 12.7. The van der Waals surface area contributed by atoms with Gasteiger partial charge in [-0.05, 0) is 39.8 Å². The molecular weight excluding hydrogens is 340 g/mol. The van der Waals surface area contributed by atoms with Gasteiger partial charge in [0.2, 0.25) is 0 Å². The van der Waals surface area contributed by atoms with Gasteiger partial charge >= 0.3 is 5.97 Å². The first-order valence-electron chi connectivity index (χ1n) is 8.94. The summed E-state index contributed by atoms with van der Waals surface area (Å²) in [5.74, 6) is -0.681. The number of para-hydroxylation sites is 1. The van der Waals surface area contributed by atoms with Crippen molar-refractivity contribution in [3.63, 3.8) is 0 Å². The number of nitrogens with zero attached hydrogens (tertiary/aromatic N) is 1. The molecule has 0 amide bonds. The number of carbonyl (C=O) groups is 2. The third-order valence-electron chi connectivity index (χ3n) is 4.94. The van der Waals surface area contributed by atoms with Crippen molar-refractivity contribution in [3.8, 4) is 0 Å². The van der Waals surface area contributed by atoms with Crippen molar-refractivity contribution in [2.75, 3.05) is 5.43 Å². The number of ketones is 1. The summed E-state index contributed by atoms with van der Waals surface area (Å²) < 4.78 is 5.76. The highest BCUT2D eigenvalue weighted by atomic mass is 16.5. The molecule has 27 heavy (non-hydrogen) atoms. The van der Waals surface area contributed by atoms with Gasteiger partial charge in [-0.3, -0.25) is 15.0 Å². The van der Waals surface area contributed by atoms with Crippen molar-refractivity contribution < 1.29 is 14.3 Å². The van der Waals surface area contributed by atoms with Crippen molar-refractivity contribution >= 4 is 23.2 Å². The van der Waals surface area contributed by atoms with Crippen LogP contribution in [0.4, 0.5) is 5.69 Å². The number of carbonyl (C=O) groups excluding carboxylic acids is 2. The molecule has 0 aliphatic carbocycles. The number of Topliss-reactive ketones (excluding diaryl/α,β-unsaturated/α-hetero) is 1. The lowest BCUT2D eigenvalue weighted by atomic mass is 9.67. The first-order valence-corrected chi connectivity index (χ1v) is 8.94. The average molecular weight is 364 g/mol. The van der Waals surface area contributed by atoms with E-state index in [1.165, 1.54) is 0 Å². The van der Waals surface area contributed by atoms with E-state index in [2.05, 4.69) is 10.5 Å². The number of rotatable bonds is 4. The lowest BCUT2D eigenvalue weighted by Gasteiger charge is -2.43. The van der Waals surface area contributed by atoms with Crippen LogP contribution in [0.3, 0.4) is 0 Å². The number of ether oxygens (including phenoxy) is 1. The summed E-state index contributed by atoms with van der Waals surface area (Å²) in [6.07, 6.45) is -0.788. The molecule has 1 saturated heterocycles. The van der Waals surface area contributed by atoms with Gasteiger partial charge in [-0.1, -0.05) is 48.5 Å². The van der Waals surface area contributed by atoms with Crippen LogP contribution in [0.25, 0.3) is 0 Å². The van der Waals surface area contributed by atoms with Crippen molar-refractivity contribution in [1.82, 2.24) is 0 Å². The van der Waals surface area contributed by atoms with Crippen LogP contribution in [0.2, 0.25) is 0 Å². The third kappa shape index (κ3) is 3.50. The molecule has 1 aliphatic heterocycles. The summed E-state index contributed by atoms with van der Waals surface area (Å²) >= 11 is 0.